The van der Waals surface area contributed by atoms with Gasteiger partial charge in [-0.05, 0) is 142 Å². The summed E-state index contributed by atoms with van der Waals surface area (Å²) in [5.74, 6) is 4.26. The van der Waals surface area contributed by atoms with Crippen LogP contribution in [0.15, 0.2) is 72.9 Å². The largest absolute Gasteiger partial charge is 0.508 e. The van der Waals surface area contributed by atoms with Gasteiger partial charge in [-0.25, -0.2) is 5.43 Å². The van der Waals surface area contributed by atoms with Crippen molar-refractivity contribution < 1.29 is 38.5 Å². The molecule has 4 aliphatic rings. The maximum atomic E-state index is 15.0. The van der Waals surface area contributed by atoms with Gasteiger partial charge in [0, 0.05) is 92.1 Å². The highest BCUT2D eigenvalue weighted by Crippen LogP contribution is 2.43. The Morgan fingerprint density at radius 1 is 1.02 bits per heavy atom. The topological polar surface area (TPSA) is 218 Å². The van der Waals surface area contributed by atoms with Crippen molar-refractivity contribution in [2.75, 3.05) is 59.3 Å². The molecule has 5 aromatic rings. The minimum Gasteiger partial charge on any atom is -0.508 e. The van der Waals surface area contributed by atoms with Gasteiger partial charge in [0.05, 0.1) is 42.1 Å². The molecular weight excluding hydrogens is 1020 g/mol. The van der Waals surface area contributed by atoms with Crippen LogP contribution < -0.4 is 16.5 Å². The molecule has 0 aliphatic carbocycles. The first-order chi connectivity index (χ1) is 38.7. The number of cyclic esters (lactones) is 1. The first kappa shape index (κ1) is 58.4. The van der Waals surface area contributed by atoms with E-state index in [0.717, 1.165) is 69.5 Å². The number of phenols is 1. The highest BCUT2D eigenvalue weighted by Gasteiger charge is 2.43. The number of amides is 3. The SMILES string of the molecule is CCn1c(-c2cc(C#CCN3CCC[C@](C)(C#N)C3)cnc2[C@H](C)OC)c2c3cc(ccc31)-c1cc(O)cc(c1)C[C@H](NC(=O)[C@H](C(C)C)N(C)C(=O)[C@@H]1OCC[C@@H]1c1ccc(N)cc1)C(=O)N1CCC[C@H](N1)C(=O)OCC(C)(C)C2. The number of pyridine rings is 1. The Morgan fingerprint density at radius 2 is 1.80 bits per heavy atom. The van der Waals surface area contributed by atoms with Crippen LogP contribution in [0.1, 0.15) is 121 Å². The Labute approximate surface area is 476 Å². The van der Waals surface area contributed by atoms with Gasteiger partial charge in [0.2, 0.25) is 5.91 Å². The van der Waals surface area contributed by atoms with E-state index in [1.807, 2.05) is 52.0 Å². The number of nitrogen functional groups attached to an aromatic ring is 1. The highest BCUT2D eigenvalue weighted by atomic mass is 16.5. The first-order valence-corrected chi connectivity index (χ1v) is 28.6. The molecule has 17 nitrogen and oxygen atoms in total. The summed E-state index contributed by atoms with van der Waals surface area (Å²) < 4.78 is 20.5. The van der Waals surface area contributed by atoms with E-state index >= 15 is 0 Å². The lowest BCUT2D eigenvalue weighted by molar-refractivity contribution is -0.155. The van der Waals surface area contributed by atoms with E-state index in [4.69, 9.17) is 24.9 Å². The van der Waals surface area contributed by atoms with Crippen LogP contribution in [0.25, 0.3) is 33.3 Å². The van der Waals surface area contributed by atoms with Gasteiger partial charge in [-0.1, -0.05) is 63.8 Å². The number of nitrogens with one attached hydrogen (secondary N) is 2. The molecule has 3 amide bonds. The van der Waals surface area contributed by atoms with Crippen molar-refractivity contribution in [3.63, 3.8) is 0 Å². The molecule has 6 bridgehead atoms. The van der Waals surface area contributed by atoms with Crippen molar-refractivity contribution in [1.82, 2.24) is 35.1 Å². The Bertz CT molecular complexity index is 3280. The third-order valence-electron chi connectivity index (χ3n) is 16.7. The maximum Gasteiger partial charge on any atom is 0.324 e. The summed E-state index contributed by atoms with van der Waals surface area (Å²) in [6.45, 7) is 17.3. The van der Waals surface area contributed by atoms with Crippen LogP contribution in [0.4, 0.5) is 5.69 Å². The van der Waals surface area contributed by atoms with Crippen LogP contribution in [0.5, 0.6) is 5.75 Å². The number of nitrogens with zero attached hydrogens (tertiary/aromatic N) is 6. The van der Waals surface area contributed by atoms with Crippen molar-refractivity contribution in [2.45, 2.75) is 136 Å². The number of phenolic OH excluding ortho intramolecular Hbond substituents is 1. The molecule has 3 aromatic carbocycles. The summed E-state index contributed by atoms with van der Waals surface area (Å²) in [5.41, 5.74) is 17.0. The number of methoxy groups -OCH3 is 1. The Hall–Kier alpha value is -7.28. The highest BCUT2D eigenvalue weighted by molar-refractivity contribution is 5.96. The van der Waals surface area contributed by atoms with Gasteiger partial charge in [-0.2, -0.15) is 5.26 Å². The Balaban J connectivity index is 1.11. The Kier molecular flexibility index (Phi) is 17.6. The molecule has 2 aromatic heterocycles. The van der Waals surface area contributed by atoms with Crippen molar-refractivity contribution >= 4 is 40.3 Å². The van der Waals surface area contributed by atoms with E-state index in [1.54, 1.807) is 44.6 Å². The van der Waals surface area contributed by atoms with E-state index < -0.39 is 52.8 Å². The number of hydrazine groups is 1. The fourth-order valence-electron chi connectivity index (χ4n) is 12.4. The zero-order valence-electron chi connectivity index (χ0n) is 48.4. The molecule has 9 rings (SSSR count). The molecule has 0 spiro atoms. The third-order valence-corrected chi connectivity index (χ3v) is 16.7. The number of likely N-dealkylation sites (N-methyl/N-ethyl adjacent to an activating group) is 1. The molecule has 0 radical (unpaired) electrons. The summed E-state index contributed by atoms with van der Waals surface area (Å²) in [4.78, 5) is 67.2. The number of nitriles is 1. The van der Waals surface area contributed by atoms with Crippen LogP contribution in [0.2, 0.25) is 0 Å². The van der Waals surface area contributed by atoms with Crippen molar-refractivity contribution in [3.05, 3.63) is 101 Å². The number of carbonyl (C=O) groups is 4. The average molecular weight is 1100 g/mol. The van der Waals surface area contributed by atoms with Crippen molar-refractivity contribution in [3.8, 4) is 46.0 Å². The lowest BCUT2D eigenvalue weighted by atomic mass is 9.83. The normalized spacial score (nSPS) is 23.1. The summed E-state index contributed by atoms with van der Waals surface area (Å²) in [7, 11) is 3.26. The number of likely N-dealkylation sites (tertiary alicyclic amines) is 1. The van der Waals surface area contributed by atoms with Gasteiger partial charge >= 0.3 is 5.97 Å². The van der Waals surface area contributed by atoms with Crippen molar-refractivity contribution in [2.24, 2.45) is 16.7 Å². The molecule has 17 heteroatoms. The number of anilines is 1. The number of carbonyl (C=O) groups excluding carboxylic acids is 4. The third kappa shape index (κ3) is 12.8. The Morgan fingerprint density at radius 3 is 2.53 bits per heavy atom. The number of hydrogen-bond acceptors (Lipinski definition) is 13. The van der Waals surface area contributed by atoms with Gasteiger partial charge in [0.1, 0.15) is 30.0 Å². The summed E-state index contributed by atoms with van der Waals surface area (Å²) in [6, 6.07) is 20.4. The lowest BCUT2D eigenvalue weighted by Gasteiger charge is -2.37. The number of benzene rings is 3. The van der Waals surface area contributed by atoms with E-state index in [9.17, 15) is 29.5 Å². The minimum absolute atomic E-state index is 0.0271. The van der Waals surface area contributed by atoms with E-state index in [-0.39, 0.29) is 49.2 Å². The number of fused-ring (bicyclic) bond motifs is 6. The number of aryl methyl sites for hydroxylation is 1. The molecule has 6 heterocycles. The maximum absolute atomic E-state index is 15.0. The molecule has 5 N–H and O–H groups in total. The zero-order valence-corrected chi connectivity index (χ0v) is 48.4. The molecule has 7 atom stereocenters. The smallest absolute Gasteiger partial charge is 0.324 e. The fraction of sp³-hybridized carbons (Fsp3) is 0.500. The lowest BCUT2D eigenvalue weighted by Crippen LogP contribution is -2.62. The molecule has 0 unspecified atom stereocenters. The molecule has 3 saturated heterocycles. The monoisotopic (exact) mass is 1100 g/mol. The number of hydrogen-bond donors (Lipinski definition) is 4. The number of esters is 1. The van der Waals surface area contributed by atoms with Gasteiger partial charge in [0.25, 0.3) is 11.8 Å². The summed E-state index contributed by atoms with van der Waals surface area (Å²) in [6.07, 6.45) is 4.37. The zero-order chi connectivity index (χ0) is 57.9. The molecule has 4 aliphatic heterocycles. The van der Waals surface area contributed by atoms with Crippen LogP contribution in [0, 0.1) is 39.9 Å². The standard InChI is InChI=1S/C64H79N9O8/c1-10-72-54-21-18-44-33-49(54)51(57(72)50-30-41(35-67-55(50)40(4)79-9)14-11-24-71-25-13-23-64(7,36-65)37-71)34-63(5,6)38-81-62(78)52-15-12-26-73(69-52)60(76)53(31-42-28-45(44)32-47(74)29-42)68-59(75)56(39(2)3)70(8)61(77)58-48(22-27-80-58)43-16-19-46(66)20-17-43/h16-21,28-30,32-33,35,39-40,48,52-53,56,58,69,74H,10,12-13,15,22-27,31,34,37-38,66H2,1-9H3,(H,68,75)/t40-,48+,52-,53-,56-,58+,64+/m0/s1. The number of piperidine rings is 1. The summed E-state index contributed by atoms with van der Waals surface area (Å²) >= 11 is 0. The molecule has 3 fully saturated rings. The summed E-state index contributed by atoms with van der Waals surface area (Å²) in [5, 5.41) is 26.8. The van der Waals surface area contributed by atoms with E-state index in [1.165, 1.54) is 9.91 Å². The van der Waals surface area contributed by atoms with Crippen LogP contribution in [0.3, 0.4) is 0 Å². The number of ether oxygens (including phenoxy) is 3. The molecule has 81 heavy (non-hydrogen) atoms. The second-order valence-electron chi connectivity index (χ2n) is 24.0. The second kappa shape index (κ2) is 24.4. The number of nitrogens with two attached hydrogens (primary N) is 1. The predicted molar refractivity (Wildman–Crippen MR) is 311 cm³/mol. The van der Waals surface area contributed by atoms with Crippen LogP contribution >= 0.6 is 0 Å². The number of aromatic nitrogens is 2. The number of aromatic hydroxyl groups is 1. The quantitative estimate of drug-likeness (QED) is 0.0560. The fourth-order valence-corrected chi connectivity index (χ4v) is 12.4. The number of rotatable bonds is 11. The van der Waals surface area contributed by atoms with E-state index in [0.29, 0.717) is 68.7 Å². The van der Waals surface area contributed by atoms with Gasteiger partial charge in [-0.15, -0.1) is 0 Å². The van der Waals surface area contributed by atoms with Gasteiger partial charge in [-0.3, -0.25) is 34.1 Å². The van der Waals surface area contributed by atoms with E-state index in [2.05, 4.69) is 77.1 Å². The van der Waals surface area contributed by atoms with Gasteiger partial charge < -0.3 is 39.8 Å². The average Bonchev–Trinajstić information content (AvgIpc) is 4.07. The van der Waals surface area contributed by atoms with Crippen LogP contribution in [-0.2, 0) is 52.8 Å². The van der Waals surface area contributed by atoms with Gasteiger partial charge in [0.15, 0.2) is 0 Å². The minimum atomic E-state index is -1.20. The van der Waals surface area contributed by atoms with Crippen molar-refractivity contribution in [1.29, 1.82) is 5.26 Å². The first-order valence-electron chi connectivity index (χ1n) is 28.6. The molecule has 428 valence electrons. The predicted octanol–water partition coefficient (Wildman–Crippen LogP) is 8.07. The second-order valence-corrected chi connectivity index (χ2v) is 24.0. The molecule has 0 saturated carbocycles. The van der Waals surface area contributed by atoms with Crippen LogP contribution in [-0.4, -0.2) is 131 Å². The molecular formula is C64H79N9O8.